The molecule has 0 bridgehead atoms. The average molecular weight is 513 g/mol. The first-order valence-corrected chi connectivity index (χ1v) is 13.2. The molecule has 0 atom stereocenters. The van der Waals surface area contributed by atoms with Crippen molar-refractivity contribution in [1.29, 1.82) is 0 Å². The van der Waals surface area contributed by atoms with Gasteiger partial charge in [-0.2, -0.15) is 0 Å². The summed E-state index contributed by atoms with van der Waals surface area (Å²) in [5.41, 5.74) is 2.42. The number of aryl methyl sites for hydroxylation is 1. The van der Waals surface area contributed by atoms with Crippen molar-refractivity contribution in [2.24, 2.45) is 0 Å². The Bertz CT molecular complexity index is 1240. The number of carbonyl (C=O) groups is 3. The van der Waals surface area contributed by atoms with Gasteiger partial charge < -0.3 is 15.4 Å². The Kier molecular flexibility index (Phi) is 8.20. The zero-order valence-corrected chi connectivity index (χ0v) is 20.8. The van der Waals surface area contributed by atoms with E-state index in [1.54, 1.807) is 25.1 Å². The Morgan fingerprint density at radius 3 is 2.60 bits per heavy atom. The second-order valence-corrected chi connectivity index (χ2v) is 10.1. The molecule has 2 amide bonds. The Labute approximate surface area is 211 Å². The van der Waals surface area contributed by atoms with Gasteiger partial charge in [0.25, 0.3) is 5.91 Å². The van der Waals surface area contributed by atoms with Gasteiger partial charge in [-0.25, -0.2) is 9.18 Å². The lowest BCUT2D eigenvalue weighted by molar-refractivity contribution is -0.113. The number of hydrogen-bond donors (Lipinski definition) is 2. The molecule has 3 aromatic rings. The normalized spacial score (nSPS) is 12.5. The van der Waals surface area contributed by atoms with Crippen molar-refractivity contribution < 1.29 is 23.5 Å². The zero-order chi connectivity index (χ0) is 24.8. The molecule has 182 valence electrons. The third kappa shape index (κ3) is 6.29. The third-order valence-corrected chi connectivity index (χ3v) is 7.67. The summed E-state index contributed by atoms with van der Waals surface area (Å²) in [6.07, 6.45) is 3.83. The van der Waals surface area contributed by atoms with E-state index in [0.717, 1.165) is 41.0 Å². The molecule has 2 aromatic carbocycles. The minimum Gasteiger partial charge on any atom is -0.462 e. The molecular formula is C26H25FN2O4S2. The molecule has 0 radical (unpaired) electrons. The van der Waals surface area contributed by atoms with E-state index in [4.69, 9.17) is 4.74 Å². The van der Waals surface area contributed by atoms with Gasteiger partial charge in [-0.3, -0.25) is 9.59 Å². The molecule has 1 aliphatic rings. The van der Waals surface area contributed by atoms with Crippen LogP contribution in [0.3, 0.4) is 0 Å². The zero-order valence-electron chi connectivity index (χ0n) is 19.2. The van der Waals surface area contributed by atoms with E-state index in [1.807, 2.05) is 6.07 Å². The number of ether oxygens (including phenoxy) is 1. The minimum absolute atomic E-state index is 0.139. The van der Waals surface area contributed by atoms with Crippen LogP contribution >= 0.6 is 23.1 Å². The third-order valence-electron chi connectivity index (χ3n) is 5.47. The monoisotopic (exact) mass is 512 g/mol. The lowest BCUT2D eigenvalue weighted by Gasteiger charge is -2.12. The van der Waals surface area contributed by atoms with Gasteiger partial charge in [-0.15, -0.1) is 23.1 Å². The Morgan fingerprint density at radius 2 is 1.83 bits per heavy atom. The molecule has 0 fully saturated rings. The molecule has 1 aromatic heterocycles. The van der Waals surface area contributed by atoms with Gasteiger partial charge in [0.1, 0.15) is 10.8 Å². The molecule has 35 heavy (non-hydrogen) atoms. The molecule has 0 aliphatic heterocycles. The van der Waals surface area contributed by atoms with Gasteiger partial charge >= 0.3 is 5.97 Å². The second kappa shape index (κ2) is 11.5. The quantitative estimate of drug-likeness (QED) is 0.289. The minimum atomic E-state index is -0.407. The molecule has 4 rings (SSSR count). The van der Waals surface area contributed by atoms with E-state index < -0.39 is 5.82 Å². The lowest BCUT2D eigenvalue weighted by atomic mass is 9.95. The number of fused-ring (bicyclic) bond motifs is 1. The molecule has 2 N–H and O–H groups in total. The molecule has 0 saturated heterocycles. The van der Waals surface area contributed by atoms with Crippen molar-refractivity contribution in [2.45, 2.75) is 37.5 Å². The van der Waals surface area contributed by atoms with Gasteiger partial charge in [0.2, 0.25) is 5.91 Å². The van der Waals surface area contributed by atoms with Crippen LogP contribution in [0.5, 0.6) is 0 Å². The maximum absolute atomic E-state index is 13.1. The number of benzene rings is 2. The molecule has 9 heteroatoms. The van der Waals surface area contributed by atoms with Gasteiger partial charge in [0.15, 0.2) is 0 Å². The van der Waals surface area contributed by atoms with Crippen molar-refractivity contribution in [2.75, 3.05) is 23.0 Å². The van der Waals surface area contributed by atoms with Crippen molar-refractivity contribution >= 4 is 51.6 Å². The summed E-state index contributed by atoms with van der Waals surface area (Å²) in [5.74, 6) is -1.23. The van der Waals surface area contributed by atoms with Crippen LogP contribution in [-0.2, 0) is 22.4 Å². The number of esters is 1. The molecule has 0 unspecified atom stereocenters. The highest BCUT2D eigenvalue weighted by molar-refractivity contribution is 8.00. The summed E-state index contributed by atoms with van der Waals surface area (Å²) in [6, 6.07) is 12.4. The fourth-order valence-electron chi connectivity index (χ4n) is 3.85. The summed E-state index contributed by atoms with van der Waals surface area (Å²) < 4.78 is 18.3. The highest BCUT2D eigenvalue weighted by Gasteiger charge is 2.27. The van der Waals surface area contributed by atoms with Crippen LogP contribution in [0.25, 0.3) is 0 Å². The number of nitrogens with one attached hydrogen (secondary N) is 2. The van der Waals surface area contributed by atoms with Crippen molar-refractivity contribution in [3.05, 3.63) is 75.9 Å². The number of anilines is 2. The first-order valence-electron chi connectivity index (χ1n) is 11.4. The summed E-state index contributed by atoms with van der Waals surface area (Å²) in [5, 5.41) is 6.24. The first kappa shape index (κ1) is 24.9. The van der Waals surface area contributed by atoms with E-state index >= 15 is 0 Å². The molecule has 0 saturated carbocycles. The SMILES string of the molecule is CCOC(=O)c1c(NC(=O)CSc2cccc(NC(=O)c3ccc(F)cc3)c2)sc2c1CCCC2. The number of thiophene rings is 1. The Balaban J connectivity index is 1.39. The van der Waals surface area contributed by atoms with E-state index in [9.17, 15) is 18.8 Å². The lowest BCUT2D eigenvalue weighted by Crippen LogP contribution is -2.17. The molecular weight excluding hydrogens is 487 g/mol. The Morgan fingerprint density at radius 1 is 1.06 bits per heavy atom. The van der Waals surface area contributed by atoms with Gasteiger partial charge in [-0.1, -0.05) is 6.07 Å². The van der Waals surface area contributed by atoms with E-state index in [2.05, 4.69) is 10.6 Å². The van der Waals surface area contributed by atoms with Gasteiger partial charge in [0, 0.05) is 21.0 Å². The maximum atomic E-state index is 13.1. The fraction of sp³-hybridized carbons (Fsp3) is 0.269. The van der Waals surface area contributed by atoms with Crippen molar-refractivity contribution in [3.8, 4) is 0 Å². The van der Waals surface area contributed by atoms with Crippen LogP contribution in [0.2, 0.25) is 0 Å². The molecule has 1 heterocycles. The first-order chi connectivity index (χ1) is 16.9. The fourth-order valence-corrected chi connectivity index (χ4v) is 5.90. The van der Waals surface area contributed by atoms with E-state index in [0.29, 0.717) is 21.8 Å². The Hall–Kier alpha value is -3.17. The van der Waals surface area contributed by atoms with Crippen LogP contribution in [0.1, 0.15) is 50.9 Å². The second-order valence-electron chi connectivity index (χ2n) is 7.96. The number of carbonyl (C=O) groups excluding carboxylic acids is 3. The van der Waals surface area contributed by atoms with E-state index in [-0.39, 0.29) is 30.1 Å². The summed E-state index contributed by atoms with van der Waals surface area (Å²) >= 11 is 2.78. The van der Waals surface area contributed by atoms with Crippen molar-refractivity contribution in [3.63, 3.8) is 0 Å². The van der Waals surface area contributed by atoms with Gasteiger partial charge in [-0.05, 0) is 80.6 Å². The summed E-state index contributed by atoms with van der Waals surface area (Å²) in [7, 11) is 0. The topological polar surface area (TPSA) is 84.5 Å². The van der Waals surface area contributed by atoms with Crippen LogP contribution in [0.4, 0.5) is 15.1 Å². The largest absolute Gasteiger partial charge is 0.462 e. The number of halogens is 1. The smallest absolute Gasteiger partial charge is 0.341 e. The highest BCUT2D eigenvalue weighted by Crippen LogP contribution is 2.38. The van der Waals surface area contributed by atoms with Gasteiger partial charge in [0.05, 0.1) is 17.9 Å². The molecule has 0 spiro atoms. The number of thioether (sulfide) groups is 1. The standard InChI is InChI=1S/C26H25FN2O4S2/c1-2-33-26(32)23-20-8-3-4-9-21(20)35-25(23)29-22(30)15-34-19-7-5-6-18(14-19)28-24(31)16-10-12-17(27)13-11-16/h5-7,10-14H,2-4,8-9,15H2,1H3,(H,28,31)(H,29,30). The highest BCUT2D eigenvalue weighted by atomic mass is 32.2. The van der Waals surface area contributed by atoms with Crippen LogP contribution in [-0.4, -0.2) is 30.1 Å². The summed E-state index contributed by atoms with van der Waals surface area (Å²) in [6.45, 7) is 2.04. The maximum Gasteiger partial charge on any atom is 0.341 e. The molecule has 6 nitrogen and oxygen atoms in total. The molecule has 1 aliphatic carbocycles. The predicted molar refractivity (Wildman–Crippen MR) is 137 cm³/mol. The van der Waals surface area contributed by atoms with Crippen LogP contribution < -0.4 is 10.6 Å². The average Bonchev–Trinajstić information content (AvgIpc) is 3.21. The van der Waals surface area contributed by atoms with Crippen LogP contribution in [0, 0.1) is 5.82 Å². The van der Waals surface area contributed by atoms with Crippen LogP contribution in [0.15, 0.2) is 53.4 Å². The number of hydrogen-bond acceptors (Lipinski definition) is 6. The van der Waals surface area contributed by atoms with E-state index in [1.165, 1.54) is 47.4 Å². The van der Waals surface area contributed by atoms with Crippen molar-refractivity contribution in [1.82, 2.24) is 0 Å². The predicted octanol–water partition coefficient (Wildman–Crippen LogP) is 5.93. The number of rotatable bonds is 8. The number of amides is 2. The summed E-state index contributed by atoms with van der Waals surface area (Å²) in [4.78, 5) is 39.6.